The molecule has 3 rings (SSSR count). The highest BCUT2D eigenvalue weighted by Gasteiger charge is 2.31. The summed E-state index contributed by atoms with van der Waals surface area (Å²) in [6, 6.07) is 13.0. The normalized spacial score (nSPS) is 17.4. The van der Waals surface area contributed by atoms with Crippen molar-refractivity contribution in [2.45, 2.75) is 51.3 Å². The molecule has 0 fully saturated rings. The van der Waals surface area contributed by atoms with Gasteiger partial charge in [0.15, 0.2) is 0 Å². The van der Waals surface area contributed by atoms with Gasteiger partial charge in [-0.15, -0.1) is 13.2 Å². The van der Waals surface area contributed by atoms with Gasteiger partial charge in [0.25, 0.3) is 0 Å². The standard InChI is InChI=1S/C20H21F3O/c1-2-3-14-4-5-18-13-17(7-6-16(18)12-14)15-8-10-19(11-9-15)24-20(21,22)23/h4-5,8-12,17H,2-3,6-7,13H2,1H3. The molecule has 0 saturated heterocycles. The summed E-state index contributed by atoms with van der Waals surface area (Å²) in [5.41, 5.74) is 5.26. The molecule has 2 aromatic carbocycles. The van der Waals surface area contributed by atoms with Crippen LogP contribution in [0.1, 0.15) is 47.9 Å². The Labute approximate surface area is 140 Å². The molecule has 128 valence electrons. The molecular formula is C20H21F3O. The van der Waals surface area contributed by atoms with Gasteiger partial charge < -0.3 is 4.74 Å². The minimum Gasteiger partial charge on any atom is -0.406 e. The maximum atomic E-state index is 12.2. The van der Waals surface area contributed by atoms with Crippen molar-refractivity contribution in [3.8, 4) is 5.75 Å². The predicted octanol–water partition coefficient (Wildman–Crippen LogP) is 5.81. The first-order valence-corrected chi connectivity index (χ1v) is 8.41. The molecule has 0 N–H and O–H groups in total. The molecule has 0 heterocycles. The number of aryl methyl sites for hydroxylation is 2. The van der Waals surface area contributed by atoms with Crippen LogP contribution in [0.15, 0.2) is 42.5 Å². The molecule has 1 aliphatic carbocycles. The third kappa shape index (κ3) is 4.11. The minimum absolute atomic E-state index is 0.160. The van der Waals surface area contributed by atoms with E-state index >= 15 is 0 Å². The van der Waals surface area contributed by atoms with Crippen molar-refractivity contribution in [1.29, 1.82) is 0 Å². The fourth-order valence-corrected chi connectivity index (χ4v) is 3.48. The van der Waals surface area contributed by atoms with Crippen molar-refractivity contribution in [1.82, 2.24) is 0 Å². The zero-order valence-corrected chi connectivity index (χ0v) is 13.7. The molecule has 0 radical (unpaired) electrons. The highest BCUT2D eigenvalue weighted by molar-refractivity contribution is 5.38. The van der Waals surface area contributed by atoms with E-state index in [4.69, 9.17) is 0 Å². The second-order valence-corrected chi connectivity index (χ2v) is 6.41. The molecule has 0 aromatic heterocycles. The Bertz CT molecular complexity index is 689. The van der Waals surface area contributed by atoms with Crippen molar-refractivity contribution in [2.24, 2.45) is 0 Å². The molecule has 0 bridgehead atoms. The molecule has 0 spiro atoms. The van der Waals surface area contributed by atoms with Gasteiger partial charge in [-0.25, -0.2) is 0 Å². The molecule has 1 unspecified atom stereocenters. The summed E-state index contributed by atoms with van der Waals surface area (Å²) in [6.45, 7) is 2.18. The van der Waals surface area contributed by atoms with E-state index in [1.54, 1.807) is 12.1 Å². The maximum Gasteiger partial charge on any atom is 0.573 e. The van der Waals surface area contributed by atoms with Gasteiger partial charge in [-0.3, -0.25) is 0 Å². The predicted molar refractivity (Wildman–Crippen MR) is 88.3 cm³/mol. The van der Waals surface area contributed by atoms with Gasteiger partial charge in [0, 0.05) is 0 Å². The first-order valence-electron chi connectivity index (χ1n) is 8.41. The van der Waals surface area contributed by atoms with Gasteiger partial charge in [0.1, 0.15) is 5.75 Å². The van der Waals surface area contributed by atoms with Crippen LogP contribution in [0.2, 0.25) is 0 Å². The topological polar surface area (TPSA) is 9.23 Å². The van der Waals surface area contributed by atoms with Crippen LogP contribution in [0.25, 0.3) is 0 Å². The highest BCUT2D eigenvalue weighted by atomic mass is 19.4. The summed E-state index contributed by atoms with van der Waals surface area (Å²) in [5, 5.41) is 0. The molecule has 4 heteroatoms. The summed E-state index contributed by atoms with van der Waals surface area (Å²) in [5.74, 6) is 0.195. The van der Waals surface area contributed by atoms with Crippen molar-refractivity contribution in [3.63, 3.8) is 0 Å². The van der Waals surface area contributed by atoms with Crippen LogP contribution in [0.5, 0.6) is 5.75 Å². The van der Waals surface area contributed by atoms with Crippen LogP contribution in [-0.4, -0.2) is 6.36 Å². The summed E-state index contributed by atoms with van der Waals surface area (Å²) in [7, 11) is 0. The monoisotopic (exact) mass is 334 g/mol. The van der Waals surface area contributed by atoms with Gasteiger partial charge in [0.2, 0.25) is 0 Å². The zero-order chi connectivity index (χ0) is 17.2. The Morgan fingerprint density at radius 1 is 1.04 bits per heavy atom. The molecule has 1 aliphatic rings. The lowest BCUT2D eigenvalue weighted by atomic mass is 9.79. The summed E-state index contributed by atoms with van der Waals surface area (Å²) >= 11 is 0. The van der Waals surface area contributed by atoms with Crippen LogP contribution < -0.4 is 4.74 Å². The second-order valence-electron chi connectivity index (χ2n) is 6.41. The van der Waals surface area contributed by atoms with Gasteiger partial charge in [0.05, 0.1) is 0 Å². The Balaban J connectivity index is 1.71. The molecule has 0 saturated carbocycles. The number of halogens is 3. The Hall–Kier alpha value is -1.97. The van der Waals surface area contributed by atoms with Crippen LogP contribution in [0.3, 0.4) is 0 Å². The maximum absolute atomic E-state index is 12.2. The number of alkyl halides is 3. The van der Waals surface area contributed by atoms with Crippen molar-refractivity contribution in [2.75, 3.05) is 0 Å². The highest BCUT2D eigenvalue weighted by Crippen LogP contribution is 2.34. The molecule has 1 nitrogen and oxygen atoms in total. The average molecular weight is 334 g/mol. The first-order chi connectivity index (χ1) is 11.4. The molecular weight excluding hydrogens is 313 g/mol. The van der Waals surface area contributed by atoms with Crippen molar-refractivity contribution >= 4 is 0 Å². The van der Waals surface area contributed by atoms with E-state index in [1.807, 2.05) is 0 Å². The summed E-state index contributed by atoms with van der Waals surface area (Å²) in [4.78, 5) is 0. The van der Waals surface area contributed by atoms with E-state index in [-0.39, 0.29) is 5.75 Å². The van der Waals surface area contributed by atoms with E-state index in [2.05, 4.69) is 29.9 Å². The van der Waals surface area contributed by atoms with E-state index < -0.39 is 6.36 Å². The third-order valence-electron chi connectivity index (χ3n) is 4.62. The number of fused-ring (bicyclic) bond motifs is 1. The van der Waals surface area contributed by atoms with E-state index in [0.29, 0.717) is 5.92 Å². The fourth-order valence-electron chi connectivity index (χ4n) is 3.48. The first kappa shape index (κ1) is 16.9. The Kier molecular flexibility index (Phi) is 4.83. The third-order valence-corrected chi connectivity index (χ3v) is 4.62. The molecule has 0 amide bonds. The lowest BCUT2D eigenvalue weighted by Crippen LogP contribution is -2.17. The largest absolute Gasteiger partial charge is 0.573 e. The minimum atomic E-state index is -4.64. The summed E-state index contributed by atoms with van der Waals surface area (Å²) in [6.07, 6.45) is 0.619. The SMILES string of the molecule is CCCc1ccc2c(c1)CCC(c1ccc(OC(F)(F)F)cc1)C2. The van der Waals surface area contributed by atoms with Crippen molar-refractivity contribution in [3.05, 3.63) is 64.7 Å². The number of rotatable bonds is 4. The Morgan fingerprint density at radius 3 is 2.46 bits per heavy atom. The van der Waals surface area contributed by atoms with Crippen molar-refractivity contribution < 1.29 is 17.9 Å². The quantitative estimate of drug-likeness (QED) is 0.685. The second kappa shape index (κ2) is 6.88. The number of benzene rings is 2. The van der Waals surface area contributed by atoms with Crippen LogP contribution >= 0.6 is 0 Å². The van der Waals surface area contributed by atoms with E-state index in [9.17, 15) is 13.2 Å². The van der Waals surface area contributed by atoms with Gasteiger partial charge in [-0.05, 0) is 66.0 Å². The van der Waals surface area contributed by atoms with Gasteiger partial charge in [-0.2, -0.15) is 0 Å². The number of hydrogen-bond donors (Lipinski definition) is 0. The van der Waals surface area contributed by atoms with Gasteiger partial charge in [-0.1, -0.05) is 43.7 Å². The molecule has 24 heavy (non-hydrogen) atoms. The zero-order valence-electron chi connectivity index (χ0n) is 13.7. The van der Waals surface area contributed by atoms with E-state index in [1.165, 1.54) is 28.8 Å². The van der Waals surface area contributed by atoms with Crippen LogP contribution in [0, 0.1) is 0 Å². The lowest BCUT2D eigenvalue weighted by Gasteiger charge is -2.25. The average Bonchev–Trinajstić information content (AvgIpc) is 2.54. The number of hydrogen-bond acceptors (Lipinski definition) is 1. The van der Waals surface area contributed by atoms with Crippen LogP contribution in [0.4, 0.5) is 13.2 Å². The molecule has 2 aromatic rings. The fraction of sp³-hybridized carbons (Fsp3) is 0.400. The van der Waals surface area contributed by atoms with Crippen LogP contribution in [-0.2, 0) is 19.3 Å². The Morgan fingerprint density at radius 2 is 1.79 bits per heavy atom. The van der Waals surface area contributed by atoms with E-state index in [0.717, 1.165) is 37.7 Å². The summed E-state index contributed by atoms with van der Waals surface area (Å²) < 4.78 is 40.6. The molecule has 1 atom stereocenters. The number of ether oxygens (including phenoxy) is 1. The smallest absolute Gasteiger partial charge is 0.406 e. The molecule has 0 aliphatic heterocycles. The lowest BCUT2D eigenvalue weighted by molar-refractivity contribution is -0.274. The van der Waals surface area contributed by atoms with Gasteiger partial charge >= 0.3 is 6.36 Å².